The fourth-order valence-corrected chi connectivity index (χ4v) is 2.71. The Balaban J connectivity index is 1.87. The third kappa shape index (κ3) is 6.39. The Morgan fingerprint density at radius 3 is 2.35 bits per heavy atom. The van der Waals surface area contributed by atoms with E-state index in [-0.39, 0.29) is 6.61 Å². The zero-order valence-electron chi connectivity index (χ0n) is 12.5. The van der Waals surface area contributed by atoms with Gasteiger partial charge in [0.05, 0.1) is 12.9 Å². The maximum atomic E-state index is 10.9. The van der Waals surface area contributed by atoms with Crippen molar-refractivity contribution in [2.75, 3.05) is 12.9 Å². The van der Waals surface area contributed by atoms with E-state index in [0.29, 0.717) is 28.8 Å². The standard InChI is InChI=1S/C16H16Cl2O4S/c1-23(19,20)22-9-8-12-2-6-15(7-3-12)21-11-13-4-5-14(17)10-16(13)18/h2-7,10H,8-9,11H2,1H3. The van der Waals surface area contributed by atoms with Crippen LogP contribution in [-0.4, -0.2) is 21.3 Å². The van der Waals surface area contributed by atoms with Crippen LogP contribution in [0.1, 0.15) is 11.1 Å². The van der Waals surface area contributed by atoms with Crippen molar-refractivity contribution in [1.29, 1.82) is 0 Å². The predicted molar refractivity (Wildman–Crippen MR) is 91.7 cm³/mol. The van der Waals surface area contributed by atoms with E-state index in [2.05, 4.69) is 0 Å². The van der Waals surface area contributed by atoms with Gasteiger partial charge in [0, 0.05) is 15.6 Å². The molecule has 0 spiro atoms. The molecule has 0 aliphatic heterocycles. The number of hydrogen-bond acceptors (Lipinski definition) is 4. The normalized spacial score (nSPS) is 11.4. The van der Waals surface area contributed by atoms with E-state index in [9.17, 15) is 8.42 Å². The van der Waals surface area contributed by atoms with E-state index in [1.54, 1.807) is 12.1 Å². The van der Waals surface area contributed by atoms with Gasteiger partial charge in [0.2, 0.25) is 0 Å². The first-order chi connectivity index (χ1) is 10.8. The van der Waals surface area contributed by atoms with Crippen LogP contribution in [-0.2, 0) is 27.3 Å². The van der Waals surface area contributed by atoms with Crippen molar-refractivity contribution in [2.24, 2.45) is 0 Å². The number of benzene rings is 2. The first-order valence-electron chi connectivity index (χ1n) is 6.83. The lowest BCUT2D eigenvalue weighted by molar-refractivity contribution is 0.306. The van der Waals surface area contributed by atoms with Gasteiger partial charge in [0.25, 0.3) is 10.1 Å². The van der Waals surface area contributed by atoms with Gasteiger partial charge >= 0.3 is 0 Å². The highest BCUT2D eigenvalue weighted by Crippen LogP contribution is 2.23. The van der Waals surface area contributed by atoms with Crippen molar-refractivity contribution in [3.05, 3.63) is 63.6 Å². The average molecular weight is 375 g/mol. The van der Waals surface area contributed by atoms with Crippen molar-refractivity contribution in [3.63, 3.8) is 0 Å². The summed E-state index contributed by atoms with van der Waals surface area (Å²) in [5.74, 6) is 0.698. The Kier molecular flexibility index (Phi) is 6.30. The SMILES string of the molecule is CS(=O)(=O)OCCc1ccc(OCc2ccc(Cl)cc2Cl)cc1. The lowest BCUT2D eigenvalue weighted by Gasteiger charge is -2.09. The molecule has 0 amide bonds. The number of rotatable bonds is 7. The summed E-state index contributed by atoms with van der Waals surface area (Å²) in [6.07, 6.45) is 1.54. The molecule has 0 aromatic heterocycles. The molecular formula is C16H16Cl2O4S. The minimum atomic E-state index is -3.40. The number of halogens is 2. The van der Waals surface area contributed by atoms with Gasteiger partial charge in [0.15, 0.2) is 0 Å². The van der Waals surface area contributed by atoms with Gasteiger partial charge in [-0.2, -0.15) is 8.42 Å². The highest BCUT2D eigenvalue weighted by atomic mass is 35.5. The molecule has 0 atom stereocenters. The Morgan fingerprint density at radius 1 is 1.04 bits per heavy atom. The Morgan fingerprint density at radius 2 is 1.74 bits per heavy atom. The third-order valence-electron chi connectivity index (χ3n) is 3.02. The summed E-state index contributed by atoms with van der Waals surface area (Å²) in [6, 6.07) is 12.6. The highest BCUT2D eigenvalue weighted by molar-refractivity contribution is 7.85. The second-order valence-corrected chi connectivity index (χ2v) is 7.43. The molecule has 0 aliphatic rings. The quantitative estimate of drug-likeness (QED) is 0.684. The van der Waals surface area contributed by atoms with Crippen LogP contribution in [0.5, 0.6) is 5.75 Å². The monoisotopic (exact) mass is 374 g/mol. The second kappa shape index (κ2) is 8.02. The first-order valence-corrected chi connectivity index (χ1v) is 9.41. The molecule has 124 valence electrons. The summed E-state index contributed by atoms with van der Waals surface area (Å²) >= 11 is 11.9. The molecule has 4 nitrogen and oxygen atoms in total. The second-order valence-electron chi connectivity index (χ2n) is 4.94. The highest BCUT2D eigenvalue weighted by Gasteiger charge is 2.04. The zero-order valence-corrected chi connectivity index (χ0v) is 14.8. The molecule has 0 saturated heterocycles. The molecule has 0 heterocycles. The van der Waals surface area contributed by atoms with Gasteiger partial charge in [-0.25, -0.2) is 0 Å². The van der Waals surface area contributed by atoms with Crippen LogP contribution in [0.4, 0.5) is 0 Å². The van der Waals surface area contributed by atoms with Gasteiger partial charge in [-0.15, -0.1) is 0 Å². The van der Waals surface area contributed by atoms with E-state index in [1.807, 2.05) is 30.3 Å². The molecule has 2 rings (SSSR count). The van der Waals surface area contributed by atoms with Crippen LogP contribution in [0, 0.1) is 0 Å². The van der Waals surface area contributed by atoms with Crippen LogP contribution in [0.3, 0.4) is 0 Å². The molecule has 0 radical (unpaired) electrons. The summed E-state index contributed by atoms with van der Waals surface area (Å²) in [4.78, 5) is 0. The van der Waals surface area contributed by atoms with Crippen molar-refractivity contribution in [2.45, 2.75) is 13.0 Å². The van der Waals surface area contributed by atoms with Crippen LogP contribution < -0.4 is 4.74 Å². The summed E-state index contributed by atoms with van der Waals surface area (Å²) in [7, 11) is -3.40. The van der Waals surface area contributed by atoms with Crippen molar-refractivity contribution in [3.8, 4) is 5.75 Å². The molecule has 0 fully saturated rings. The molecule has 0 saturated carbocycles. The molecule has 0 unspecified atom stereocenters. The Labute approximate surface area is 146 Å². The maximum Gasteiger partial charge on any atom is 0.264 e. The van der Waals surface area contributed by atoms with Gasteiger partial charge in [-0.1, -0.05) is 41.4 Å². The van der Waals surface area contributed by atoms with Crippen molar-refractivity contribution < 1.29 is 17.3 Å². The van der Waals surface area contributed by atoms with Crippen LogP contribution in [0.2, 0.25) is 10.0 Å². The smallest absolute Gasteiger partial charge is 0.264 e. The summed E-state index contributed by atoms with van der Waals surface area (Å²) in [5, 5.41) is 1.14. The van der Waals surface area contributed by atoms with E-state index in [0.717, 1.165) is 17.4 Å². The van der Waals surface area contributed by atoms with Gasteiger partial charge < -0.3 is 4.74 Å². The minimum Gasteiger partial charge on any atom is -0.489 e. The zero-order chi connectivity index (χ0) is 16.9. The molecule has 7 heteroatoms. The fourth-order valence-electron chi connectivity index (χ4n) is 1.86. The topological polar surface area (TPSA) is 52.6 Å². The molecule has 0 aliphatic carbocycles. The van der Waals surface area contributed by atoms with Crippen LogP contribution >= 0.6 is 23.2 Å². The van der Waals surface area contributed by atoms with Gasteiger partial charge in [-0.05, 0) is 36.2 Å². The van der Waals surface area contributed by atoms with Crippen LogP contribution in [0.15, 0.2) is 42.5 Å². The van der Waals surface area contributed by atoms with E-state index >= 15 is 0 Å². The Hall–Kier alpha value is -1.27. The molecule has 0 N–H and O–H groups in total. The Bertz CT molecular complexity index is 758. The lowest BCUT2D eigenvalue weighted by atomic mass is 10.1. The lowest BCUT2D eigenvalue weighted by Crippen LogP contribution is -2.06. The molecule has 23 heavy (non-hydrogen) atoms. The molecule has 0 bridgehead atoms. The molecule has 2 aromatic rings. The average Bonchev–Trinajstić information content (AvgIpc) is 2.46. The van der Waals surface area contributed by atoms with Crippen LogP contribution in [0.25, 0.3) is 0 Å². The van der Waals surface area contributed by atoms with Gasteiger partial charge in [0.1, 0.15) is 12.4 Å². The first kappa shape index (κ1) is 18.1. The summed E-state index contributed by atoms with van der Waals surface area (Å²) in [6.45, 7) is 0.464. The maximum absolute atomic E-state index is 10.9. The van der Waals surface area contributed by atoms with E-state index < -0.39 is 10.1 Å². The summed E-state index contributed by atoms with van der Waals surface area (Å²) in [5.41, 5.74) is 1.81. The third-order valence-corrected chi connectivity index (χ3v) is 4.20. The number of hydrogen-bond donors (Lipinski definition) is 0. The van der Waals surface area contributed by atoms with E-state index in [1.165, 1.54) is 0 Å². The van der Waals surface area contributed by atoms with Crippen molar-refractivity contribution >= 4 is 33.3 Å². The summed E-state index contributed by atoms with van der Waals surface area (Å²) < 4.78 is 32.1. The van der Waals surface area contributed by atoms with Gasteiger partial charge in [-0.3, -0.25) is 4.18 Å². The number of ether oxygens (including phenoxy) is 1. The fraction of sp³-hybridized carbons (Fsp3) is 0.250. The minimum absolute atomic E-state index is 0.124. The molecule has 2 aromatic carbocycles. The van der Waals surface area contributed by atoms with Crippen molar-refractivity contribution in [1.82, 2.24) is 0 Å². The van der Waals surface area contributed by atoms with E-state index in [4.69, 9.17) is 32.1 Å². The largest absolute Gasteiger partial charge is 0.489 e. The molecular weight excluding hydrogens is 359 g/mol. The predicted octanol–water partition coefficient (Wildman–Crippen LogP) is 4.09.